The van der Waals surface area contributed by atoms with E-state index in [1.807, 2.05) is 42.5 Å². The van der Waals surface area contributed by atoms with Crippen molar-refractivity contribution in [1.29, 1.82) is 0 Å². The summed E-state index contributed by atoms with van der Waals surface area (Å²) in [6, 6.07) is 35.3. The Morgan fingerprint density at radius 2 is 1.00 bits per heavy atom. The van der Waals surface area contributed by atoms with Crippen molar-refractivity contribution in [1.82, 2.24) is 0 Å². The zero-order valence-corrected chi connectivity index (χ0v) is 15.7. The minimum Gasteiger partial charge on any atom is -0.537 e. The highest BCUT2D eigenvalue weighted by Gasteiger charge is 2.18. The van der Waals surface area contributed by atoms with Gasteiger partial charge >= 0.3 is 7.69 Å². The maximum atomic E-state index is 9.37. The van der Waals surface area contributed by atoms with Crippen LogP contribution in [0.25, 0.3) is 43.8 Å². The summed E-state index contributed by atoms with van der Waals surface area (Å²) < 4.78 is 5.57. The largest absolute Gasteiger partial charge is 0.569 e. The van der Waals surface area contributed by atoms with Gasteiger partial charge in [0.15, 0.2) is 0 Å². The Labute approximate surface area is 170 Å². The third-order valence-corrected chi connectivity index (χ3v) is 5.33. The van der Waals surface area contributed by atoms with Crippen molar-refractivity contribution < 1.29 is 9.68 Å². The highest BCUT2D eigenvalue weighted by Crippen LogP contribution is 2.45. The van der Waals surface area contributed by atoms with Crippen LogP contribution in [0.2, 0.25) is 0 Å². The molecule has 29 heavy (non-hydrogen) atoms. The second kappa shape index (κ2) is 7.46. The maximum Gasteiger partial charge on any atom is 0.569 e. The molecule has 137 valence electrons. The van der Waals surface area contributed by atoms with Gasteiger partial charge in [0.05, 0.1) is 0 Å². The molecule has 0 unspecified atom stereocenters. The van der Waals surface area contributed by atoms with E-state index >= 15 is 0 Å². The normalized spacial score (nSPS) is 10.9. The summed E-state index contributed by atoms with van der Waals surface area (Å²) in [6.45, 7) is 0. The molecule has 0 aliphatic rings. The van der Waals surface area contributed by atoms with E-state index in [2.05, 4.69) is 60.7 Å². The second-order valence-corrected chi connectivity index (χ2v) is 6.93. The molecule has 3 heteroatoms. The van der Waals surface area contributed by atoms with E-state index in [0.29, 0.717) is 5.75 Å². The van der Waals surface area contributed by atoms with Gasteiger partial charge < -0.3 is 9.68 Å². The Balaban J connectivity index is 1.94. The molecule has 5 aromatic carbocycles. The summed E-state index contributed by atoms with van der Waals surface area (Å²) in [4.78, 5) is 0. The third kappa shape index (κ3) is 2.97. The number of fused-ring (bicyclic) bond motifs is 2. The molecule has 0 aliphatic carbocycles. The Morgan fingerprint density at radius 1 is 0.517 bits per heavy atom. The second-order valence-electron chi connectivity index (χ2n) is 6.93. The first-order valence-corrected chi connectivity index (χ1v) is 9.59. The van der Waals surface area contributed by atoms with E-state index in [1.165, 1.54) is 22.3 Å². The standard InChI is InChI=1S/C26H18BO2/c28-27-29-26-23-16-8-6-14-21(23)25(22-15-7-9-17-24(22)26)20-13-5-4-12-19(20)18-10-2-1-3-11-18/h1-17,28H. The lowest BCUT2D eigenvalue weighted by Crippen LogP contribution is -2.02. The Hall–Kier alpha value is -3.56. The molecule has 2 nitrogen and oxygen atoms in total. The summed E-state index contributed by atoms with van der Waals surface area (Å²) >= 11 is 0. The quantitative estimate of drug-likeness (QED) is 0.299. The average Bonchev–Trinajstić information content (AvgIpc) is 2.80. The Kier molecular flexibility index (Phi) is 4.51. The van der Waals surface area contributed by atoms with Crippen LogP contribution in [0, 0.1) is 0 Å². The SMILES string of the molecule is O[B]Oc1c2ccccc2c(-c2ccccc2-c2ccccc2)c2ccccc12. The van der Waals surface area contributed by atoms with Crippen molar-refractivity contribution in [3.63, 3.8) is 0 Å². The number of hydrogen-bond acceptors (Lipinski definition) is 2. The summed E-state index contributed by atoms with van der Waals surface area (Å²) in [5.41, 5.74) is 4.71. The zero-order chi connectivity index (χ0) is 19.6. The Morgan fingerprint density at radius 3 is 1.59 bits per heavy atom. The minimum absolute atomic E-state index is 0.666. The summed E-state index contributed by atoms with van der Waals surface area (Å²) in [5, 5.41) is 13.5. The van der Waals surface area contributed by atoms with Crippen molar-refractivity contribution in [2.45, 2.75) is 0 Å². The van der Waals surface area contributed by atoms with Crippen LogP contribution in [-0.2, 0) is 0 Å². The van der Waals surface area contributed by atoms with Gasteiger partial charge in [-0.05, 0) is 33.0 Å². The number of benzene rings is 5. The van der Waals surface area contributed by atoms with Crippen molar-refractivity contribution in [3.05, 3.63) is 103 Å². The zero-order valence-electron chi connectivity index (χ0n) is 15.7. The minimum atomic E-state index is 0.666. The number of rotatable bonds is 4. The summed E-state index contributed by atoms with van der Waals surface area (Å²) in [7, 11) is 0.756. The first-order valence-electron chi connectivity index (χ1n) is 9.59. The maximum absolute atomic E-state index is 9.37. The fraction of sp³-hybridized carbons (Fsp3) is 0. The van der Waals surface area contributed by atoms with Gasteiger partial charge in [-0.1, -0.05) is 103 Å². The lowest BCUT2D eigenvalue weighted by atomic mass is 9.87. The van der Waals surface area contributed by atoms with Crippen LogP contribution < -0.4 is 4.65 Å². The lowest BCUT2D eigenvalue weighted by molar-refractivity contribution is 0.459. The smallest absolute Gasteiger partial charge is 0.537 e. The van der Waals surface area contributed by atoms with E-state index in [-0.39, 0.29) is 0 Å². The van der Waals surface area contributed by atoms with Crippen LogP contribution in [0.15, 0.2) is 103 Å². The van der Waals surface area contributed by atoms with Crippen LogP contribution in [0.1, 0.15) is 0 Å². The van der Waals surface area contributed by atoms with Gasteiger partial charge in [0.25, 0.3) is 0 Å². The van der Waals surface area contributed by atoms with Gasteiger partial charge in [0.2, 0.25) is 0 Å². The molecular weight excluding hydrogens is 355 g/mol. The molecule has 0 saturated carbocycles. The van der Waals surface area contributed by atoms with Crippen LogP contribution in [0.4, 0.5) is 0 Å². The van der Waals surface area contributed by atoms with Gasteiger partial charge in [-0.15, -0.1) is 0 Å². The molecule has 0 saturated heterocycles. The molecule has 5 aromatic rings. The molecule has 1 radical (unpaired) electrons. The first kappa shape index (κ1) is 17.5. The average molecular weight is 373 g/mol. The predicted octanol–water partition coefficient (Wildman–Crippen LogP) is 6.23. The van der Waals surface area contributed by atoms with Gasteiger partial charge in [0.1, 0.15) is 5.75 Å². The molecule has 0 amide bonds. The molecule has 0 aromatic heterocycles. The molecule has 0 bridgehead atoms. The number of hydrogen-bond donors (Lipinski definition) is 1. The van der Waals surface area contributed by atoms with Gasteiger partial charge in [0, 0.05) is 10.8 Å². The van der Waals surface area contributed by atoms with E-state index in [1.54, 1.807) is 0 Å². The van der Waals surface area contributed by atoms with Gasteiger partial charge in [-0.25, -0.2) is 0 Å². The highest BCUT2D eigenvalue weighted by atomic mass is 16.5. The topological polar surface area (TPSA) is 29.5 Å². The molecule has 0 atom stereocenters. The fourth-order valence-electron chi connectivity index (χ4n) is 4.13. The molecule has 0 fully saturated rings. The van der Waals surface area contributed by atoms with Crippen LogP contribution in [0.5, 0.6) is 5.75 Å². The van der Waals surface area contributed by atoms with E-state index < -0.39 is 0 Å². The molecule has 5 rings (SSSR count). The fourth-order valence-corrected chi connectivity index (χ4v) is 4.13. The molecule has 0 aliphatic heterocycles. The van der Waals surface area contributed by atoms with Crippen molar-refractivity contribution >= 4 is 29.2 Å². The third-order valence-electron chi connectivity index (χ3n) is 5.33. The molecule has 1 N–H and O–H groups in total. The van der Waals surface area contributed by atoms with E-state index in [9.17, 15) is 5.02 Å². The molecule has 0 spiro atoms. The van der Waals surface area contributed by atoms with E-state index in [4.69, 9.17) is 4.65 Å². The van der Waals surface area contributed by atoms with Crippen LogP contribution in [0.3, 0.4) is 0 Å². The van der Waals surface area contributed by atoms with Crippen molar-refractivity contribution in [2.24, 2.45) is 0 Å². The monoisotopic (exact) mass is 373 g/mol. The highest BCUT2D eigenvalue weighted by molar-refractivity contribution is 6.23. The van der Waals surface area contributed by atoms with Crippen LogP contribution in [-0.4, -0.2) is 12.7 Å². The predicted molar refractivity (Wildman–Crippen MR) is 121 cm³/mol. The molecule has 0 heterocycles. The van der Waals surface area contributed by atoms with Crippen molar-refractivity contribution in [3.8, 4) is 28.0 Å². The summed E-state index contributed by atoms with van der Waals surface area (Å²) in [5.74, 6) is 0.666. The van der Waals surface area contributed by atoms with Gasteiger partial charge in [-0.2, -0.15) is 0 Å². The summed E-state index contributed by atoms with van der Waals surface area (Å²) in [6.07, 6.45) is 0. The van der Waals surface area contributed by atoms with Gasteiger partial charge in [-0.3, -0.25) is 0 Å². The van der Waals surface area contributed by atoms with E-state index in [0.717, 1.165) is 29.2 Å². The Bertz CT molecular complexity index is 1260. The molecular formula is C26H18BO2. The lowest BCUT2D eigenvalue weighted by Gasteiger charge is -2.19. The first-order chi connectivity index (χ1) is 14.4. The van der Waals surface area contributed by atoms with Crippen molar-refractivity contribution in [2.75, 3.05) is 0 Å². The van der Waals surface area contributed by atoms with Crippen LogP contribution >= 0.6 is 0 Å².